The van der Waals surface area contributed by atoms with Crippen molar-refractivity contribution in [2.45, 2.75) is 43.4 Å². The molecule has 21 heavy (non-hydrogen) atoms. The fourth-order valence-electron chi connectivity index (χ4n) is 1.87. The summed E-state index contributed by atoms with van der Waals surface area (Å²) in [5.74, 6) is 0.776. The molecular formula is C15H21N5S. The quantitative estimate of drug-likeness (QED) is 0.736. The van der Waals surface area contributed by atoms with Crippen LogP contribution in [0.4, 0.5) is 11.6 Å². The van der Waals surface area contributed by atoms with Crippen molar-refractivity contribution in [3.05, 3.63) is 35.4 Å². The van der Waals surface area contributed by atoms with E-state index in [1.165, 1.54) is 22.9 Å². The smallest absolute Gasteiger partial charge is 0.196 e. The molecular weight excluding hydrogens is 282 g/mol. The van der Waals surface area contributed by atoms with E-state index < -0.39 is 0 Å². The molecule has 1 aromatic heterocycles. The number of benzene rings is 1. The number of nitrogens with zero attached hydrogens (tertiary/aromatic N) is 2. The summed E-state index contributed by atoms with van der Waals surface area (Å²) in [6, 6.07) is 8.33. The zero-order valence-corrected chi connectivity index (χ0v) is 13.4. The topological polar surface area (TPSA) is 89.8 Å². The lowest BCUT2D eigenvalue weighted by atomic mass is 10.1. The minimum absolute atomic E-state index is 0.388. The van der Waals surface area contributed by atoms with Crippen molar-refractivity contribution in [2.24, 2.45) is 0 Å². The molecule has 1 aromatic carbocycles. The van der Waals surface area contributed by atoms with Gasteiger partial charge >= 0.3 is 0 Å². The number of rotatable bonds is 5. The third kappa shape index (κ3) is 4.61. The predicted octanol–water partition coefficient (Wildman–Crippen LogP) is 2.60. The minimum Gasteiger partial charge on any atom is -0.383 e. The van der Waals surface area contributed by atoms with Crippen LogP contribution < -0.4 is 16.8 Å². The standard InChI is InChI=1S/C15H21N5S/c1-9(2)18-8-11-6-10(3)4-5-12(11)21-15-19-13(16)7-14(17)20-15/h4-7,9,18H,8H2,1-3H3,(H4,16,17,19,20). The van der Waals surface area contributed by atoms with Crippen LogP contribution in [0.25, 0.3) is 0 Å². The van der Waals surface area contributed by atoms with Gasteiger partial charge < -0.3 is 16.8 Å². The Labute approximate surface area is 129 Å². The molecule has 0 unspecified atom stereocenters. The number of hydrogen-bond acceptors (Lipinski definition) is 6. The first-order chi connectivity index (χ1) is 9.94. The Balaban J connectivity index is 2.25. The van der Waals surface area contributed by atoms with Crippen LogP contribution in [0.15, 0.2) is 34.3 Å². The van der Waals surface area contributed by atoms with Gasteiger partial charge in [0.1, 0.15) is 11.6 Å². The summed E-state index contributed by atoms with van der Waals surface area (Å²) in [4.78, 5) is 9.54. The normalized spacial score (nSPS) is 11.0. The van der Waals surface area contributed by atoms with Crippen LogP contribution >= 0.6 is 11.8 Å². The molecule has 112 valence electrons. The molecule has 0 fully saturated rings. The van der Waals surface area contributed by atoms with Gasteiger partial charge in [0.05, 0.1) is 0 Å². The van der Waals surface area contributed by atoms with Gasteiger partial charge in [0.2, 0.25) is 0 Å². The van der Waals surface area contributed by atoms with Gasteiger partial charge in [0, 0.05) is 23.5 Å². The fourth-order valence-corrected chi connectivity index (χ4v) is 2.76. The van der Waals surface area contributed by atoms with Crippen LogP contribution in [-0.2, 0) is 6.54 Å². The van der Waals surface area contributed by atoms with Crippen molar-refractivity contribution in [1.29, 1.82) is 0 Å². The summed E-state index contributed by atoms with van der Waals surface area (Å²) in [6.45, 7) is 7.15. The second kappa shape index (κ2) is 6.78. The molecule has 0 aliphatic carbocycles. The fraction of sp³-hybridized carbons (Fsp3) is 0.333. The first-order valence-corrected chi connectivity index (χ1v) is 7.66. The van der Waals surface area contributed by atoms with E-state index in [9.17, 15) is 0 Å². The van der Waals surface area contributed by atoms with Crippen LogP contribution in [0.1, 0.15) is 25.0 Å². The Morgan fingerprint density at radius 1 is 1.14 bits per heavy atom. The van der Waals surface area contributed by atoms with E-state index in [1.54, 1.807) is 6.07 Å². The lowest BCUT2D eigenvalue weighted by molar-refractivity contribution is 0.584. The van der Waals surface area contributed by atoms with Gasteiger partial charge in [-0.15, -0.1) is 0 Å². The molecule has 0 saturated carbocycles. The average molecular weight is 303 g/mol. The van der Waals surface area contributed by atoms with Gasteiger partial charge in [-0.1, -0.05) is 31.5 Å². The molecule has 2 aromatic rings. The maximum Gasteiger partial charge on any atom is 0.196 e. The number of nitrogen functional groups attached to an aromatic ring is 2. The van der Waals surface area contributed by atoms with E-state index >= 15 is 0 Å². The molecule has 0 aliphatic heterocycles. The van der Waals surface area contributed by atoms with Crippen LogP contribution in [0.2, 0.25) is 0 Å². The van der Waals surface area contributed by atoms with E-state index in [0.29, 0.717) is 22.8 Å². The Hall–Kier alpha value is -1.79. The molecule has 0 aliphatic rings. The van der Waals surface area contributed by atoms with Crippen molar-refractivity contribution in [2.75, 3.05) is 11.5 Å². The van der Waals surface area contributed by atoms with Crippen molar-refractivity contribution in [3.63, 3.8) is 0 Å². The second-order valence-electron chi connectivity index (χ2n) is 5.25. The van der Waals surface area contributed by atoms with Gasteiger partial charge in [0.15, 0.2) is 5.16 Å². The van der Waals surface area contributed by atoms with E-state index in [-0.39, 0.29) is 0 Å². The highest BCUT2D eigenvalue weighted by Crippen LogP contribution is 2.29. The Bertz CT molecular complexity index is 607. The van der Waals surface area contributed by atoms with Gasteiger partial charge in [-0.2, -0.15) is 0 Å². The van der Waals surface area contributed by atoms with Crippen molar-refractivity contribution >= 4 is 23.4 Å². The molecule has 5 N–H and O–H groups in total. The third-order valence-electron chi connectivity index (χ3n) is 2.86. The maximum atomic E-state index is 5.72. The molecule has 0 atom stereocenters. The largest absolute Gasteiger partial charge is 0.383 e. The molecule has 5 nitrogen and oxygen atoms in total. The predicted molar refractivity (Wildman–Crippen MR) is 88.1 cm³/mol. The van der Waals surface area contributed by atoms with E-state index in [1.807, 2.05) is 0 Å². The summed E-state index contributed by atoms with van der Waals surface area (Å²) < 4.78 is 0. The summed E-state index contributed by atoms with van der Waals surface area (Å²) in [5.41, 5.74) is 13.9. The van der Waals surface area contributed by atoms with Crippen LogP contribution in [0, 0.1) is 6.92 Å². The van der Waals surface area contributed by atoms with Crippen LogP contribution in [0.5, 0.6) is 0 Å². The van der Waals surface area contributed by atoms with E-state index in [4.69, 9.17) is 11.5 Å². The molecule has 1 heterocycles. The minimum atomic E-state index is 0.388. The number of aromatic nitrogens is 2. The molecule has 0 saturated heterocycles. The zero-order chi connectivity index (χ0) is 15.4. The molecule has 2 rings (SSSR count). The van der Waals surface area contributed by atoms with Gasteiger partial charge in [0.25, 0.3) is 0 Å². The zero-order valence-electron chi connectivity index (χ0n) is 12.6. The van der Waals surface area contributed by atoms with Crippen molar-refractivity contribution in [1.82, 2.24) is 15.3 Å². The molecule has 0 spiro atoms. The highest BCUT2D eigenvalue weighted by molar-refractivity contribution is 7.99. The third-order valence-corrected chi connectivity index (χ3v) is 3.85. The summed E-state index contributed by atoms with van der Waals surface area (Å²) in [5, 5.41) is 4.01. The highest BCUT2D eigenvalue weighted by Gasteiger charge is 2.09. The average Bonchev–Trinajstić information content (AvgIpc) is 2.37. The Kier molecular flexibility index (Phi) is 5.03. The molecule has 0 bridgehead atoms. The Morgan fingerprint density at radius 3 is 2.43 bits per heavy atom. The van der Waals surface area contributed by atoms with Crippen LogP contribution in [-0.4, -0.2) is 16.0 Å². The number of hydrogen-bond donors (Lipinski definition) is 3. The molecule has 0 amide bonds. The van der Waals surface area contributed by atoms with Crippen molar-refractivity contribution in [3.8, 4) is 0 Å². The summed E-state index contributed by atoms with van der Waals surface area (Å²) in [6.07, 6.45) is 0. The van der Waals surface area contributed by atoms with Gasteiger partial charge in [-0.05, 0) is 30.3 Å². The van der Waals surface area contributed by atoms with Crippen molar-refractivity contribution < 1.29 is 0 Å². The van der Waals surface area contributed by atoms with Gasteiger partial charge in [-0.3, -0.25) is 0 Å². The lowest BCUT2D eigenvalue weighted by Crippen LogP contribution is -2.22. The summed E-state index contributed by atoms with van der Waals surface area (Å²) in [7, 11) is 0. The number of nitrogens with one attached hydrogen (secondary N) is 1. The number of aryl methyl sites for hydroxylation is 1. The first kappa shape index (κ1) is 15.6. The molecule has 6 heteroatoms. The van der Waals surface area contributed by atoms with E-state index in [0.717, 1.165) is 11.4 Å². The number of nitrogens with two attached hydrogens (primary N) is 2. The molecule has 0 radical (unpaired) electrons. The van der Waals surface area contributed by atoms with Crippen LogP contribution in [0.3, 0.4) is 0 Å². The highest BCUT2D eigenvalue weighted by atomic mass is 32.2. The summed E-state index contributed by atoms with van der Waals surface area (Å²) >= 11 is 1.48. The Morgan fingerprint density at radius 2 is 1.81 bits per heavy atom. The monoisotopic (exact) mass is 303 g/mol. The second-order valence-corrected chi connectivity index (χ2v) is 6.26. The SMILES string of the molecule is Cc1ccc(Sc2nc(N)cc(N)n2)c(CNC(C)C)c1. The van der Waals surface area contributed by atoms with Gasteiger partial charge in [-0.25, -0.2) is 9.97 Å². The lowest BCUT2D eigenvalue weighted by Gasteiger charge is -2.13. The first-order valence-electron chi connectivity index (χ1n) is 6.85. The maximum absolute atomic E-state index is 5.72. The number of anilines is 2. The van der Waals surface area contributed by atoms with E-state index in [2.05, 4.69) is 54.3 Å².